The fraction of sp³-hybridized carbons (Fsp3) is 0.0769. The number of nitrogens with two attached hydrogens (primary N) is 1. The molecule has 2 aromatic rings. The van der Waals surface area contributed by atoms with Gasteiger partial charge >= 0.3 is 6.61 Å². The number of rotatable bonds is 5. The summed E-state index contributed by atoms with van der Waals surface area (Å²) in [5.41, 5.74) is 3.00. The second-order valence-electron chi connectivity index (χ2n) is 3.90. The first-order valence-electron chi connectivity index (χ1n) is 5.88. The van der Waals surface area contributed by atoms with Crippen molar-refractivity contribution in [3.63, 3.8) is 0 Å². The maximum atomic E-state index is 12.1. The zero-order valence-corrected chi connectivity index (χ0v) is 10.7. The number of amides is 1. The molecular formula is C13H12F2N4O2. The van der Waals surface area contributed by atoms with Gasteiger partial charge in [-0.1, -0.05) is 0 Å². The Morgan fingerprint density at radius 3 is 2.57 bits per heavy atom. The molecule has 0 saturated heterocycles. The van der Waals surface area contributed by atoms with Crippen LogP contribution in [0.25, 0.3) is 0 Å². The van der Waals surface area contributed by atoms with Gasteiger partial charge in [-0.3, -0.25) is 4.79 Å². The van der Waals surface area contributed by atoms with Crippen LogP contribution in [0, 0.1) is 0 Å². The maximum absolute atomic E-state index is 12.1. The smallest absolute Gasteiger partial charge is 0.387 e. The van der Waals surface area contributed by atoms with Gasteiger partial charge in [0.25, 0.3) is 5.91 Å². The topological polar surface area (TPSA) is 89.3 Å². The third kappa shape index (κ3) is 3.86. The van der Waals surface area contributed by atoms with Crippen molar-refractivity contribution in [3.8, 4) is 5.75 Å². The number of halogens is 2. The molecule has 21 heavy (non-hydrogen) atoms. The van der Waals surface area contributed by atoms with Gasteiger partial charge in [-0.25, -0.2) is 10.8 Å². The van der Waals surface area contributed by atoms with E-state index in [0.717, 1.165) is 0 Å². The van der Waals surface area contributed by atoms with Gasteiger partial charge in [-0.15, -0.1) is 0 Å². The number of pyridine rings is 1. The minimum absolute atomic E-state index is 0.00805. The third-order valence-corrected chi connectivity index (χ3v) is 2.53. The molecule has 4 N–H and O–H groups in total. The molecule has 0 bridgehead atoms. The fourth-order valence-electron chi connectivity index (χ4n) is 1.62. The third-order valence-electron chi connectivity index (χ3n) is 2.53. The lowest BCUT2D eigenvalue weighted by Gasteiger charge is -2.09. The van der Waals surface area contributed by atoms with Crippen molar-refractivity contribution < 1.29 is 18.3 Å². The highest BCUT2D eigenvalue weighted by molar-refractivity contribution is 6.07. The molecule has 1 heterocycles. The van der Waals surface area contributed by atoms with E-state index >= 15 is 0 Å². The highest BCUT2D eigenvalue weighted by atomic mass is 19.3. The van der Waals surface area contributed by atoms with Crippen LogP contribution < -0.4 is 21.3 Å². The van der Waals surface area contributed by atoms with Crippen LogP contribution in [0.5, 0.6) is 5.75 Å². The number of ether oxygens (including phenoxy) is 1. The summed E-state index contributed by atoms with van der Waals surface area (Å²) in [5, 5.41) is 2.60. The summed E-state index contributed by atoms with van der Waals surface area (Å²) in [6.07, 6.45) is 1.49. The zero-order chi connectivity index (χ0) is 15.2. The van der Waals surface area contributed by atoms with Crippen LogP contribution in [0.1, 0.15) is 10.4 Å². The molecular weight excluding hydrogens is 282 g/mol. The lowest BCUT2D eigenvalue weighted by atomic mass is 10.2. The summed E-state index contributed by atoms with van der Waals surface area (Å²) in [5.74, 6) is 5.07. The molecule has 0 fully saturated rings. The molecule has 0 radical (unpaired) electrons. The van der Waals surface area contributed by atoms with Crippen molar-refractivity contribution in [2.75, 3.05) is 10.7 Å². The molecule has 0 unspecified atom stereocenters. The number of hydrogen-bond acceptors (Lipinski definition) is 5. The van der Waals surface area contributed by atoms with Crippen molar-refractivity contribution in [2.45, 2.75) is 6.61 Å². The SMILES string of the molecule is NNc1ncccc1C(=O)Nc1ccc(OC(F)F)cc1. The molecule has 8 heteroatoms. The molecule has 1 aromatic heterocycles. The number of hydrazine groups is 1. The molecule has 0 saturated carbocycles. The summed E-state index contributed by atoms with van der Waals surface area (Å²) in [6.45, 7) is -2.89. The summed E-state index contributed by atoms with van der Waals surface area (Å²) in [6, 6.07) is 8.68. The lowest BCUT2D eigenvalue weighted by Crippen LogP contribution is -2.18. The van der Waals surface area contributed by atoms with Crippen molar-refractivity contribution in [1.29, 1.82) is 0 Å². The maximum Gasteiger partial charge on any atom is 0.387 e. The highest BCUT2D eigenvalue weighted by Crippen LogP contribution is 2.19. The van der Waals surface area contributed by atoms with Crippen LogP contribution in [0.4, 0.5) is 20.3 Å². The Bertz CT molecular complexity index is 620. The number of anilines is 2. The number of nitrogen functional groups attached to an aromatic ring is 1. The van der Waals surface area contributed by atoms with E-state index in [9.17, 15) is 13.6 Å². The molecule has 0 aliphatic heterocycles. The standard InChI is InChI=1S/C13H12F2N4O2/c14-13(15)21-9-5-3-8(4-6-9)18-12(20)10-2-1-7-17-11(10)19-16/h1-7,13H,16H2,(H,17,19)(H,18,20). The van der Waals surface area contributed by atoms with Gasteiger partial charge in [0, 0.05) is 11.9 Å². The molecule has 0 aliphatic carbocycles. The van der Waals surface area contributed by atoms with Crippen LogP contribution in [0.2, 0.25) is 0 Å². The Morgan fingerprint density at radius 2 is 1.95 bits per heavy atom. The van der Waals surface area contributed by atoms with Crippen LogP contribution >= 0.6 is 0 Å². The van der Waals surface area contributed by atoms with Crippen molar-refractivity contribution in [2.24, 2.45) is 5.84 Å². The van der Waals surface area contributed by atoms with E-state index in [1.54, 1.807) is 12.1 Å². The van der Waals surface area contributed by atoms with E-state index in [0.29, 0.717) is 5.69 Å². The molecule has 1 aromatic carbocycles. The molecule has 1 amide bonds. The lowest BCUT2D eigenvalue weighted by molar-refractivity contribution is -0.0498. The average Bonchev–Trinajstić information content (AvgIpc) is 2.48. The Kier molecular flexibility index (Phi) is 4.62. The van der Waals surface area contributed by atoms with Gasteiger partial charge in [0.15, 0.2) is 5.82 Å². The summed E-state index contributed by atoms with van der Waals surface area (Å²) >= 11 is 0. The Balaban J connectivity index is 2.09. The normalized spacial score (nSPS) is 10.3. The number of alkyl halides is 2. The van der Waals surface area contributed by atoms with Gasteiger partial charge in [0.1, 0.15) is 5.75 Å². The predicted molar refractivity (Wildman–Crippen MR) is 73.1 cm³/mol. The van der Waals surface area contributed by atoms with Crippen LogP contribution in [-0.4, -0.2) is 17.5 Å². The Morgan fingerprint density at radius 1 is 1.24 bits per heavy atom. The van der Waals surface area contributed by atoms with Crippen molar-refractivity contribution in [3.05, 3.63) is 48.2 Å². The number of nitrogens with one attached hydrogen (secondary N) is 2. The molecule has 110 valence electrons. The zero-order valence-electron chi connectivity index (χ0n) is 10.7. The second kappa shape index (κ2) is 6.62. The number of aromatic nitrogens is 1. The Labute approximate surface area is 118 Å². The first-order chi connectivity index (χ1) is 10.1. The van der Waals surface area contributed by atoms with Gasteiger partial charge < -0.3 is 15.5 Å². The quantitative estimate of drug-likeness (QED) is 0.581. The number of benzene rings is 1. The number of carbonyl (C=O) groups is 1. The van der Waals surface area contributed by atoms with Crippen LogP contribution in [-0.2, 0) is 0 Å². The molecule has 0 atom stereocenters. The Hall–Kier alpha value is -2.74. The first-order valence-corrected chi connectivity index (χ1v) is 5.88. The van der Waals surface area contributed by atoms with E-state index in [-0.39, 0.29) is 17.1 Å². The van der Waals surface area contributed by atoms with Crippen LogP contribution in [0.15, 0.2) is 42.6 Å². The van der Waals surface area contributed by atoms with Crippen molar-refractivity contribution >= 4 is 17.4 Å². The predicted octanol–water partition coefficient (Wildman–Crippen LogP) is 2.22. The summed E-state index contributed by atoms with van der Waals surface area (Å²) < 4.78 is 28.2. The molecule has 2 rings (SSSR count). The highest BCUT2D eigenvalue weighted by Gasteiger charge is 2.12. The largest absolute Gasteiger partial charge is 0.435 e. The van der Waals surface area contributed by atoms with E-state index in [1.807, 2.05) is 0 Å². The molecule has 0 spiro atoms. The summed E-state index contributed by atoms with van der Waals surface area (Å²) in [4.78, 5) is 16.0. The van der Waals surface area contributed by atoms with E-state index < -0.39 is 12.5 Å². The minimum atomic E-state index is -2.89. The van der Waals surface area contributed by atoms with E-state index in [4.69, 9.17) is 5.84 Å². The van der Waals surface area contributed by atoms with Gasteiger partial charge in [-0.2, -0.15) is 8.78 Å². The number of hydrogen-bond donors (Lipinski definition) is 3. The average molecular weight is 294 g/mol. The summed E-state index contributed by atoms with van der Waals surface area (Å²) in [7, 11) is 0. The van der Waals surface area contributed by atoms with Gasteiger partial charge in [0.05, 0.1) is 5.56 Å². The molecule has 6 nitrogen and oxygen atoms in total. The second-order valence-corrected chi connectivity index (χ2v) is 3.90. The van der Waals surface area contributed by atoms with Gasteiger partial charge in [0.2, 0.25) is 0 Å². The fourth-order valence-corrected chi connectivity index (χ4v) is 1.62. The monoisotopic (exact) mass is 294 g/mol. The van der Waals surface area contributed by atoms with E-state index in [2.05, 4.69) is 20.5 Å². The number of nitrogens with zero attached hydrogens (tertiary/aromatic N) is 1. The molecule has 0 aliphatic rings. The van der Waals surface area contributed by atoms with Crippen molar-refractivity contribution in [1.82, 2.24) is 4.98 Å². The first kappa shape index (κ1) is 14.7. The van der Waals surface area contributed by atoms with Crippen LogP contribution in [0.3, 0.4) is 0 Å². The van der Waals surface area contributed by atoms with Gasteiger partial charge in [-0.05, 0) is 36.4 Å². The minimum Gasteiger partial charge on any atom is -0.435 e. The van der Waals surface area contributed by atoms with E-state index in [1.165, 1.54) is 30.5 Å². The number of carbonyl (C=O) groups excluding carboxylic acids is 1.